The molecule has 1 unspecified atom stereocenters. The zero-order chi connectivity index (χ0) is 14.1. The topological polar surface area (TPSA) is 62.2 Å². The molecule has 0 aliphatic rings. The lowest BCUT2D eigenvalue weighted by Gasteiger charge is -2.22. The van der Waals surface area contributed by atoms with Crippen molar-refractivity contribution in [2.24, 2.45) is 0 Å². The average molecular weight is 240 g/mol. The van der Waals surface area contributed by atoms with Gasteiger partial charge in [-0.3, -0.25) is 0 Å². The summed E-state index contributed by atoms with van der Waals surface area (Å²) >= 11 is 0. The van der Waals surface area contributed by atoms with Gasteiger partial charge in [0.05, 0.1) is 6.04 Å². The molecule has 4 nitrogen and oxygen atoms in total. The first-order valence-corrected chi connectivity index (χ1v) is 5.74. The third-order valence-corrected chi connectivity index (χ3v) is 1.54. The van der Waals surface area contributed by atoms with Gasteiger partial charge in [-0.1, -0.05) is 13.8 Å². The summed E-state index contributed by atoms with van der Waals surface area (Å²) in [7, 11) is 0. The van der Waals surface area contributed by atoms with E-state index in [0.29, 0.717) is 12.1 Å². The van der Waals surface area contributed by atoms with Crippen molar-refractivity contribution in [3.8, 4) is 12.3 Å². The van der Waals surface area contributed by atoms with Gasteiger partial charge in [-0.2, -0.15) is 0 Å². The fourth-order valence-corrected chi connectivity index (χ4v) is 0.880. The van der Waals surface area contributed by atoms with Crippen molar-refractivity contribution in [1.82, 2.24) is 5.32 Å². The molecule has 0 aromatic heterocycles. The summed E-state index contributed by atoms with van der Waals surface area (Å²) in [4.78, 5) is 11.3. The Kier molecular flexibility index (Phi) is 9.08. The van der Waals surface area contributed by atoms with Gasteiger partial charge in [0.15, 0.2) is 0 Å². The first-order valence-electron chi connectivity index (χ1n) is 5.74. The molecule has 0 heterocycles. The quantitative estimate of drug-likeness (QED) is 0.588. The highest BCUT2D eigenvalue weighted by molar-refractivity contribution is 5.87. The minimum atomic E-state index is -0.547. The van der Waals surface area contributed by atoms with Crippen LogP contribution in [0.25, 0.3) is 0 Å². The van der Waals surface area contributed by atoms with Crippen LogP contribution in [0.4, 0.5) is 4.79 Å². The van der Waals surface area contributed by atoms with E-state index in [1.54, 1.807) is 27.7 Å². The monoisotopic (exact) mass is 240 g/mol. The van der Waals surface area contributed by atoms with Crippen LogP contribution in [0, 0.1) is 17.8 Å². The fraction of sp³-hybridized carbons (Fsp3) is 0.692. The summed E-state index contributed by atoms with van der Waals surface area (Å²) in [5, 5.41) is 9.96. The number of hydrogen-bond acceptors (Lipinski definition) is 3. The second-order valence-corrected chi connectivity index (χ2v) is 4.29. The Bertz CT molecular complexity index is 285. The number of carbonyl (C=O) groups is 1. The standard InChI is InChI=1S/C11H18N2O2.C2H6/c1-6-7-9(8(2)12)13-10(14)15-11(3,4)5;1-2/h1,9,12H,7H2,2-5H3,(H,13,14);1-2H3. The summed E-state index contributed by atoms with van der Waals surface area (Å²) in [5.74, 6) is 2.41. The van der Waals surface area contributed by atoms with Crippen LogP contribution < -0.4 is 5.32 Å². The Morgan fingerprint density at radius 1 is 1.47 bits per heavy atom. The van der Waals surface area contributed by atoms with Crippen LogP contribution >= 0.6 is 0 Å². The van der Waals surface area contributed by atoms with Crippen molar-refractivity contribution in [3.63, 3.8) is 0 Å². The minimum absolute atomic E-state index is 0.300. The smallest absolute Gasteiger partial charge is 0.408 e. The van der Waals surface area contributed by atoms with Gasteiger partial charge in [0.25, 0.3) is 0 Å². The Hall–Kier alpha value is -1.50. The molecule has 0 aromatic carbocycles. The Morgan fingerprint density at radius 3 is 2.24 bits per heavy atom. The fourth-order valence-electron chi connectivity index (χ4n) is 0.880. The maximum atomic E-state index is 11.3. The van der Waals surface area contributed by atoms with Crippen LogP contribution in [0.5, 0.6) is 0 Å². The first kappa shape index (κ1) is 17.9. The molecule has 0 aliphatic heterocycles. The number of terminal acetylenes is 1. The van der Waals surface area contributed by atoms with Gasteiger partial charge in [-0.25, -0.2) is 4.79 Å². The molecule has 0 radical (unpaired) electrons. The number of amides is 1. The number of carbonyl (C=O) groups excluding carboxylic acids is 1. The van der Waals surface area contributed by atoms with E-state index in [2.05, 4.69) is 11.2 Å². The van der Waals surface area contributed by atoms with E-state index in [9.17, 15) is 4.79 Å². The van der Waals surface area contributed by atoms with Gasteiger partial charge in [0.2, 0.25) is 0 Å². The minimum Gasteiger partial charge on any atom is -0.444 e. The molecule has 0 rings (SSSR count). The Morgan fingerprint density at radius 2 is 1.94 bits per heavy atom. The Balaban J connectivity index is 0. The van der Waals surface area contributed by atoms with Crippen LogP contribution in [-0.2, 0) is 4.74 Å². The van der Waals surface area contributed by atoms with Gasteiger partial charge >= 0.3 is 6.09 Å². The molecule has 0 saturated heterocycles. The molecule has 0 aromatic rings. The van der Waals surface area contributed by atoms with E-state index in [1.165, 1.54) is 0 Å². The van der Waals surface area contributed by atoms with Gasteiger partial charge < -0.3 is 15.5 Å². The van der Waals surface area contributed by atoms with Gasteiger partial charge in [0.1, 0.15) is 5.60 Å². The zero-order valence-corrected chi connectivity index (χ0v) is 11.7. The lowest BCUT2D eigenvalue weighted by Crippen LogP contribution is -2.42. The van der Waals surface area contributed by atoms with E-state index in [1.807, 2.05) is 13.8 Å². The zero-order valence-electron chi connectivity index (χ0n) is 11.7. The molecule has 2 N–H and O–H groups in total. The maximum Gasteiger partial charge on any atom is 0.408 e. The number of nitrogens with one attached hydrogen (secondary N) is 2. The lowest BCUT2D eigenvalue weighted by molar-refractivity contribution is 0.0518. The maximum absolute atomic E-state index is 11.3. The summed E-state index contributed by atoms with van der Waals surface area (Å²) < 4.78 is 5.05. The van der Waals surface area contributed by atoms with Crippen molar-refractivity contribution in [3.05, 3.63) is 0 Å². The highest BCUT2D eigenvalue weighted by Gasteiger charge is 2.19. The van der Waals surface area contributed by atoms with Crippen LogP contribution in [-0.4, -0.2) is 23.4 Å². The van der Waals surface area contributed by atoms with Crippen LogP contribution in [0.2, 0.25) is 0 Å². The van der Waals surface area contributed by atoms with E-state index in [4.69, 9.17) is 16.6 Å². The summed E-state index contributed by atoms with van der Waals surface area (Å²) in [6.07, 6.45) is 4.88. The third kappa shape index (κ3) is 10.8. The van der Waals surface area contributed by atoms with Crippen molar-refractivity contribution in [2.75, 3.05) is 0 Å². The molecule has 0 fully saturated rings. The van der Waals surface area contributed by atoms with E-state index < -0.39 is 17.7 Å². The molecule has 4 heteroatoms. The predicted octanol–water partition coefficient (Wildman–Crippen LogP) is 2.97. The highest BCUT2D eigenvalue weighted by atomic mass is 16.6. The summed E-state index contributed by atoms with van der Waals surface area (Å²) in [6.45, 7) is 10.9. The van der Waals surface area contributed by atoms with Crippen LogP contribution in [0.15, 0.2) is 0 Å². The third-order valence-electron chi connectivity index (χ3n) is 1.54. The van der Waals surface area contributed by atoms with Crippen molar-refractivity contribution in [1.29, 1.82) is 5.41 Å². The Labute approximate surface area is 105 Å². The molecule has 17 heavy (non-hydrogen) atoms. The molecule has 0 bridgehead atoms. The van der Waals surface area contributed by atoms with Crippen molar-refractivity contribution >= 4 is 11.8 Å². The summed E-state index contributed by atoms with van der Waals surface area (Å²) in [5.41, 5.74) is -0.223. The second kappa shape index (κ2) is 8.63. The predicted molar refractivity (Wildman–Crippen MR) is 71.4 cm³/mol. The number of ether oxygens (including phenoxy) is 1. The molecule has 0 spiro atoms. The first-order chi connectivity index (χ1) is 7.76. The van der Waals surface area contributed by atoms with Gasteiger partial charge in [-0.05, 0) is 27.7 Å². The summed E-state index contributed by atoms with van der Waals surface area (Å²) in [6, 6.07) is -0.440. The molecule has 0 aliphatic carbocycles. The molecule has 1 atom stereocenters. The van der Waals surface area contributed by atoms with E-state index in [0.717, 1.165) is 0 Å². The second-order valence-electron chi connectivity index (χ2n) is 4.29. The molecule has 0 saturated carbocycles. The van der Waals surface area contributed by atoms with Crippen molar-refractivity contribution < 1.29 is 9.53 Å². The molecule has 1 amide bonds. The van der Waals surface area contributed by atoms with Crippen LogP contribution in [0.1, 0.15) is 48.0 Å². The number of alkyl carbamates (subject to hydrolysis) is 1. The normalized spacial score (nSPS) is 11.4. The SMILES string of the molecule is C#CCC(NC(=O)OC(C)(C)C)C(C)=N.CC. The molecule has 98 valence electrons. The van der Waals surface area contributed by atoms with Gasteiger partial charge in [-0.15, -0.1) is 12.3 Å². The number of rotatable bonds is 3. The van der Waals surface area contributed by atoms with Crippen molar-refractivity contribution in [2.45, 2.75) is 59.6 Å². The average Bonchev–Trinajstić information content (AvgIpc) is 2.17. The van der Waals surface area contributed by atoms with Crippen LogP contribution in [0.3, 0.4) is 0 Å². The number of hydrogen-bond donors (Lipinski definition) is 2. The van der Waals surface area contributed by atoms with Gasteiger partial charge in [0, 0.05) is 12.1 Å². The molecular weight excluding hydrogens is 216 g/mol. The lowest BCUT2D eigenvalue weighted by atomic mass is 10.1. The highest BCUT2D eigenvalue weighted by Crippen LogP contribution is 2.07. The largest absolute Gasteiger partial charge is 0.444 e. The van der Waals surface area contributed by atoms with E-state index >= 15 is 0 Å². The molecular formula is C13H24N2O2. The van der Waals surface area contributed by atoms with E-state index in [-0.39, 0.29) is 0 Å².